The molecule has 0 spiro atoms. The molecule has 0 aliphatic rings. The van der Waals surface area contributed by atoms with Crippen molar-refractivity contribution in [3.8, 4) is 11.1 Å². The first kappa shape index (κ1) is 18.4. The summed E-state index contributed by atoms with van der Waals surface area (Å²) in [6.07, 6.45) is 0. The number of nitrogens with one attached hydrogen (secondary N) is 2. The average molecular weight is 385 g/mol. The van der Waals surface area contributed by atoms with Crippen molar-refractivity contribution in [2.24, 2.45) is 0 Å². The lowest BCUT2D eigenvalue weighted by Gasteiger charge is -2.14. The number of aromatic nitrogens is 2. The van der Waals surface area contributed by atoms with Crippen molar-refractivity contribution in [2.75, 3.05) is 17.2 Å². The Bertz CT molecular complexity index is 867. The van der Waals surface area contributed by atoms with Crippen molar-refractivity contribution in [3.05, 3.63) is 54.6 Å². The average Bonchev–Trinajstić information content (AvgIpc) is 3.10. The molecule has 3 aromatic rings. The van der Waals surface area contributed by atoms with E-state index in [0.29, 0.717) is 0 Å². The Morgan fingerprint density at radius 2 is 1.85 bits per heavy atom. The Morgan fingerprint density at radius 1 is 1.12 bits per heavy atom. The van der Waals surface area contributed by atoms with Gasteiger partial charge in [-0.05, 0) is 25.5 Å². The van der Waals surface area contributed by atoms with Gasteiger partial charge in [-0.2, -0.15) is 0 Å². The molecule has 0 aliphatic heterocycles. The SMILES string of the molecule is CCNc1nnc(S[C@H](C)C(=O)Nc2ccccc2-c2ccccc2)s1. The fourth-order valence-electron chi connectivity index (χ4n) is 2.38. The maximum absolute atomic E-state index is 12.6. The topological polar surface area (TPSA) is 66.9 Å². The van der Waals surface area contributed by atoms with E-state index < -0.39 is 0 Å². The fraction of sp³-hybridized carbons (Fsp3) is 0.211. The first-order valence-corrected chi connectivity index (χ1v) is 10.1. The molecular weight excluding hydrogens is 364 g/mol. The first-order valence-electron chi connectivity index (χ1n) is 8.36. The van der Waals surface area contributed by atoms with Crippen LogP contribution in [0.5, 0.6) is 0 Å². The van der Waals surface area contributed by atoms with E-state index in [9.17, 15) is 4.79 Å². The Morgan fingerprint density at radius 3 is 2.62 bits per heavy atom. The zero-order valence-corrected chi connectivity index (χ0v) is 16.2. The molecule has 26 heavy (non-hydrogen) atoms. The van der Waals surface area contributed by atoms with Crippen LogP contribution in [0, 0.1) is 0 Å². The van der Waals surface area contributed by atoms with Crippen LogP contribution in [0.25, 0.3) is 11.1 Å². The second-order valence-corrected chi connectivity index (χ2v) is 8.13. The van der Waals surface area contributed by atoms with Crippen LogP contribution in [0.4, 0.5) is 10.8 Å². The van der Waals surface area contributed by atoms with E-state index >= 15 is 0 Å². The van der Waals surface area contributed by atoms with Gasteiger partial charge in [0, 0.05) is 17.8 Å². The van der Waals surface area contributed by atoms with Crippen LogP contribution in [-0.2, 0) is 4.79 Å². The second-order valence-electron chi connectivity index (χ2n) is 5.56. The minimum absolute atomic E-state index is 0.0569. The minimum atomic E-state index is -0.277. The minimum Gasteiger partial charge on any atom is -0.360 e. The van der Waals surface area contributed by atoms with E-state index in [-0.39, 0.29) is 11.2 Å². The van der Waals surface area contributed by atoms with Gasteiger partial charge in [0.2, 0.25) is 11.0 Å². The van der Waals surface area contributed by atoms with Gasteiger partial charge < -0.3 is 10.6 Å². The molecule has 0 fully saturated rings. The summed E-state index contributed by atoms with van der Waals surface area (Å²) in [4.78, 5) is 12.6. The predicted octanol–water partition coefficient (Wildman–Crippen LogP) is 4.76. The summed E-state index contributed by atoms with van der Waals surface area (Å²) in [5.74, 6) is -0.0569. The highest BCUT2D eigenvalue weighted by Crippen LogP contribution is 2.31. The highest BCUT2D eigenvalue weighted by Gasteiger charge is 2.18. The molecule has 1 heterocycles. The van der Waals surface area contributed by atoms with Crippen LogP contribution < -0.4 is 10.6 Å². The van der Waals surface area contributed by atoms with Crippen LogP contribution in [0.15, 0.2) is 58.9 Å². The van der Waals surface area contributed by atoms with Gasteiger partial charge in [0.15, 0.2) is 4.34 Å². The summed E-state index contributed by atoms with van der Waals surface area (Å²) in [6, 6.07) is 17.9. The standard InChI is InChI=1S/C19H20N4OS2/c1-3-20-18-22-23-19(26-18)25-13(2)17(24)21-16-12-8-7-11-15(16)14-9-5-4-6-10-14/h4-13H,3H2,1-2H3,(H,20,22)(H,21,24)/t13-/m1/s1. The summed E-state index contributed by atoms with van der Waals surface area (Å²) >= 11 is 2.87. The van der Waals surface area contributed by atoms with Crippen molar-refractivity contribution in [3.63, 3.8) is 0 Å². The molecule has 5 nitrogen and oxygen atoms in total. The summed E-state index contributed by atoms with van der Waals surface area (Å²) in [5.41, 5.74) is 2.88. The van der Waals surface area contributed by atoms with Gasteiger partial charge in [0.05, 0.1) is 5.25 Å². The number of anilines is 2. The predicted molar refractivity (Wildman–Crippen MR) is 110 cm³/mol. The van der Waals surface area contributed by atoms with E-state index in [4.69, 9.17) is 0 Å². The molecule has 0 aliphatic carbocycles. The highest BCUT2D eigenvalue weighted by atomic mass is 32.2. The van der Waals surface area contributed by atoms with E-state index in [1.165, 1.54) is 23.1 Å². The van der Waals surface area contributed by atoms with Crippen LogP contribution in [0.1, 0.15) is 13.8 Å². The molecule has 1 amide bonds. The zero-order chi connectivity index (χ0) is 18.4. The summed E-state index contributed by atoms with van der Waals surface area (Å²) in [6.45, 7) is 4.68. The fourth-order valence-corrected chi connectivity index (χ4v) is 4.34. The second kappa shape index (κ2) is 8.82. The number of para-hydroxylation sites is 1. The van der Waals surface area contributed by atoms with E-state index in [0.717, 1.165) is 32.8 Å². The smallest absolute Gasteiger partial charge is 0.237 e. The maximum Gasteiger partial charge on any atom is 0.237 e. The van der Waals surface area contributed by atoms with Crippen molar-refractivity contribution < 1.29 is 4.79 Å². The van der Waals surface area contributed by atoms with Crippen LogP contribution in [0.3, 0.4) is 0 Å². The van der Waals surface area contributed by atoms with Gasteiger partial charge in [0.1, 0.15) is 0 Å². The number of benzene rings is 2. The number of carbonyl (C=O) groups excluding carboxylic acids is 1. The molecule has 1 aromatic heterocycles. The third kappa shape index (κ3) is 4.62. The molecule has 0 saturated heterocycles. The Kier molecular flexibility index (Phi) is 6.25. The molecule has 3 rings (SSSR count). The molecule has 0 unspecified atom stereocenters. The normalized spacial score (nSPS) is 11.8. The van der Waals surface area contributed by atoms with Gasteiger partial charge in [-0.15, -0.1) is 10.2 Å². The van der Waals surface area contributed by atoms with Crippen LogP contribution in [0.2, 0.25) is 0 Å². The highest BCUT2D eigenvalue weighted by molar-refractivity contribution is 8.02. The van der Waals surface area contributed by atoms with Crippen molar-refractivity contribution in [1.29, 1.82) is 0 Å². The number of rotatable bonds is 7. The monoisotopic (exact) mass is 384 g/mol. The Balaban J connectivity index is 1.69. The van der Waals surface area contributed by atoms with Gasteiger partial charge >= 0.3 is 0 Å². The summed E-state index contributed by atoms with van der Waals surface area (Å²) < 4.78 is 0.778. The molecule has 2 N–H and O–H groups in total. The molecule has 0 bridgehead atoms. The molecular formula is C19H20N4OS2. The van der Waals surface area contributed by atoms with Gasteiger partial charge in [0.25, 0.3) is 0 Å². The first-order chi connectivity index (χ1) is 12.7. The number of hydrogen-bond donors (Lipinski definition) is 2. The van der Waals surface area contributed by atoms with E-state index in [2.05, 4.69) is 20.8 Å². The number of amides is 1. The largest absolute Gasteiger partial charge is 0.360 e. The lowest BCUT2D eigenvalue weighted by atomic mass is 10.0. The van der Waals surface area contributed by atoms with Gasteiger partial charge in [-0.25, -0.2) is 0 Å². The van der Waals surface area contributed by atoms with Crippen molar-refractivity contribution in [2.45, 2.75) is 23.4 Å². The Hall–Kier alpha value is -2.38. The summed E-state index contributed by atoms with van der Waals surface area (Å²) in [7, 11) is 0. The molecule has 0 radical (unpaired) electrons. The van der Waals surface area contributed by atoms with E-state index in [1.807, 2.05) is 68.4 Å². The third-order valence-corrected chi connectivity index (χ3v) is 5.72. The molecule has 1 atom stereocenters. The quantitative estimate of drug-likeness (QED) is 0.575. The third-order valence-electron chi connectivity index (χ3n) is 3.65. The number of carbonyl (C=O) groups is 1. The van der Waals surface area contributed by atoms with Crippen LogP contribution >= 0.6 is 23.1 Å². The number of thioether (sulfide) groups is 1. The Labute approximate surface area is 161 Å². The van der Waals surface area contributed by atoms with E-state index in [1.54, 1.807) is 0 Å². The molecule has 0 saturated carbocycles. The van der Waals surface area contributed by atoms with Crippen molar-refractivity contribution in [1.82, 2.24) is 10.2 Å². The molecule has 2 aromatic carbocycles. The van der Waals surface area contributed by atoms with Crippen LogP contribution in [-0.4, -0.2) is 27.9 Å². The lowest BCUT2D eigenvalue weighted by Crippen LogP contribution is -2.22. The number of nitrogens with zero attached hydrogens (tertiary/aromatic N) is 2. The van der Waals surface area contributed by atoms with Gasteiger partial charge in [-0.3, -0.25) is 4.79 Å². The van der Waals surface area contributed by atoms with Gasteiger partial charge in [-0.1, -0.05) is 71.6 Å². The molecule has 134 valence electrons. The maximum atomic E-state index is 12.6. The summed E-state index contributed by atoms with van der Waals surface area (Å²) in [5, 5.41) is 14.8. The zero-order valence-electron chi connectivity index (χ0n) is 14.6. The lowest BCUT2D eigenvalue weighted by molar-refractivity contribution is -0.115. The number of hydrogen-bond acceptors (Lipinski definition) is 6. The molecule has 7 heteroatoms. The van der Waals surface area contributed by atoms with Crippen molar-refractivity contribution >= 4 is 39.8 Å².